The molecule has 100 valence electrons. The van der Waals surface area contributed by atoms with Crippen molar-refractivity contribution >= 4 is 16.0 Å². The molecule has 1 fully saturated rings. The van der Waals surface area contributed by atoms with Gasteiger partial charge in [0, 0.05) is 19.5 Å². The maximum Gasteiger partial charge on any atom is 0.303 e. The van der Waals surface area contributed by atoms with Gasteiger partial charge in [-0.15, -0.1) is 0 Å². The molecule has 1 aliphatic heterocycles. The zero-order chi connectivity index (χ0) is 13.1. The first kappa shape index (κ1) is 14.4. The van der Waals surface area contributed by atoms with Gasteiger partial charge in [-0.1, -0.05) is 0 Å². The molecule has 0 amide bonds. The van der Waals surface area contributed by atoms with Crippen LogP contribution in [-0.4, -0.2) is 54.8 Å². The van der Waals surface area contributed by atoms with Gasteiger partial charge in [-0.2, -0.15) is 4.31 Å². The second kappa shape index (κ2) is 5.79. The molecule has 0 saturated carbocycles. The lowest BCUT2D eigenvalue weighted by Crippen LogP contribution is -2.48. The second-order valence-corrected chi connectivity index (χ2v) is 6.48. The monoisotopic (exact) mass is 265 g/mol. The van der Waals surface area contributed by atoms with Crippen LogP contribution >= 0.6 is 0 Å². The molecule has 1 saturated heterocycles. The van der Waals surface area contributed by atoms with Gasteiger partial charge in [0.25, 0.3) is 0 Å². The summed E-state index contributed by atoms with van der Waals surface area (Å²) in [5, 5.41) is 8.48. The van der Waals surface area contributed by atoms with E-state index in [0.717, 1.165) is 0 Å². The highest BCUT2D eigenvalue weighted by molar-refractivity contribution is 7.89. The summed E-state index contributed by atoms with van der Waals surface area (Å²) in [5.41, 5.74) is 0. The van der Waals surface area contributed by atoms with E-state index in [1.54, 1.807) is 0 Å². The van der Waals surface area contributed by atoms with Crippen LogP contribution in [0.5, 0.6) is 0 Å². The van der Waals surface area contributed by atoms with Crippen LogP contribution in [0.15, 0.2) is 0 Å². The summed E-state index contributed by atoms with van der Waals surface area (Å²) in [4.78, 5) is 10.3. The maximum absolute atomic E-state index is 11.9. The van der Waals surface area contributed by atoms with Gasteiger partial charge in [-0.3, -0.25) is 4.79 Å². The van der Waals surface area contributed by atoms with Crippen molar-refractivity contribution in [2.45, 2.75) is 38.9 Å². The van der Waals surface area contributed by atoms with Crippen LogP contribution < -0.4 is 0 Å². The van der Waals surface area contributed by atoms with Gasteiger partial charge in [0.15, 0.2) is 0 Å². The van der Waals surface area contributed by atoms with E-state index in [-0.39, 0.29) is 30.8 Å². The summed E-state index contributed by atoms with van der Waals surface area (Å²) in [6.07, 6.45) is -0.201. The molecule has 1 aliphatic rings. The predicted molar refractivity (Wildman–Crippen MR) is 62.2 cm³/mol. The number of ether oxygens (including phenoxy) is 1. The number of sulfonamides is 1. The lowest BCUT2D eigenvalue weighted by atomic mass is 10.3. The molecule has 1 heterocycles. The molecule has 6 nitrogen and oxygen atoms in total. The van der Waals surface area contributed by atoms with Gasteiger partial charge < -0.3 is 9.84 Å². The maximum atomic E-state index is 11.9. The summed E-state index contributed by atoms with van der Waals surface area (Å²) in [6.45, 7) is 4.35. The fourth-order valence-electron chi connectivity index (χ4n) is 1.89. The van der Waals surface area contributed by atoms with Crippen molar-refractivity contribution < 1.29 is 23.1 Å². The van der Waals surface area contributed by atoms with E-state index in [0.29, 0.717) is 13.1 Å². The Morgan fingerprint density at radius 3 is 2.35 bits per heavy atom. The third-order valence-electron chi connectivity index (χ3n) is 2.57. The zero-order valence-electron chi connectivity index (χ0n) is 10.1. The van der Waals surface area contributed by atoms with Gasteiger partial charge in [-0.05, 0) is 20.3 Å². The van der Waals surface area contributed by atoms with Crippen molar-refractivity contribution in [1.29, 1.82) is 0 Å². The standard InChI is InChI=1S/C10H19NO5S/c1-8-6-11(7-9(2)16-8)17(14,15)5-3-4-10(12)13/h8-9H,3-7H2,1-2H3,(H,12,13). The average molecular weight is 265 g/mol. The van der Waals surface area contributed by atoms with E-state index in [1.807, 2.05) is 13.8 Å². The summed E-state index contributed by atoms with van der Waals surface area (Å²) >= 11 is 0. The molecule has 0 aromatic heterocycles. The topological polar surface area (TPSA) is 83.9 Å². The molecule has 17 heavy (non-hydrogen) atoms. The van der Waals surface area contributed by atoms with E-state index < -0.39 is 16.0 Å². The molecule has 1 N–H and O–H groups in total. The largest absolute Gasteiger partial charge is 0.481 e. The van der Waals surface area contributed by atoms with Crippen molar-refractivity contribution in [2.24, 2.45) is 0 Å². The molecule has 0 aliphatic carbocycles. The average Bonchev–Trinajstić information content (AvgIpc) is 2.14. The van der Waals surface area contributed by atoms with E-state index in [9.17, 15) is 13.2 Å². The third-order valence-corrected chi connectivity index (χ3v) is 4.46. The Kier molecular flexibility index (Phi) is 4.91. The predicted octanol–water partition coefficient (Wildman–Crippen LogP) is 0.290. The summed E-state index contributed by atoms with van der Waals surface area (Å²) in [6, 6.07) is 0. The number of carboxylic acid groups (broad SMARTS) is 1. The number of rotatable bonds is 5. The third kappa shape index (κ3) is 4.61. The van der Waals surface area contributed by atoms with Crippen molar-refractivity contribution in [1.82, 2.24) is 4.31 Å². The first-order valence-electron chi connectivity index (χ1n) is 5.66. The molecule has 0 aromatic carbocycles. The lowest BCUT2D eigenvalue weighted by Gasteiger charge is -2.34. The van der Waals surface area contributed by atoms with E-state index >= 15 is 0 Å². The Bertz CT molecular complexity index is 357. The van der Waals surface area contributed by atoms with Gasteiger partial charge in [0.2, 0.25) is 10.0 Å². The van der Waals surface area contributed by atoms with Gasteiger partial charge in [0.1, 0.15) is 0 Å². The highest BCUT2D eigenvalue weighted by Crippen LogP contribution is 2.15. The smallest absolute Gasteiger partial charge is 0.303 e. The van der Waals surface area contributed by atoms with E-state index in [2.05, 4.69) is 0 Å². The van der Waals surface area contributed by atoms with Crippen molar-refractivity contribution in [3.05, 3.63) is 0 Å². The molecule has 2 atom stereocenters. The van der Waals surface area contributed by atoms with Crippen LogP contribution in [0, 0.1) is 0 Å². The number of aliphatic carboxylic acids is 1. The van der Waals surface area contributed by atoms with Gasteiger partial charge in [-0.25, -0.2) is 8.42 Å². The normalized spacial score (nSPS) is 26.9. The quantitative estimate of drug-likeness (QED) is 0.772. The second-order valence-electron chi connectivity index (χ2n) is 4.39. The fourth-order valence-corrected chi connectivity index (χ4v) is 3.53. The van der Waals surface area contributed by atoms with Crippen LogP contribution in [0.25, 0.3) is 0 Å². The van der Waals surface area contributed by atoms with Gasteiger partial charge >= 0.3 is 5.97 Å². The summed E-state index contributed by atoms with van der Waals surface area (Å²) in [7, 11) is -3.35. The summed E-state index contributed by atoms with van der Waals surface area (Å²) in [5.74, 6) is -1.08. The van der Waals surface area contributed by atoms with Gasteiger partial charge in [0.05, 0.1) is 18.0 Å². The van der Waals surface area contributed by atoms with Crippen LogP contribution in [0.4, 0.5) is 0 Å². The number of carbonyl (C=O) groups is 1. The Labute approximate surface area is 102 Å². The van der Waals surface area contributed by atoms with Crippen LogP contribution in [0.3, 0.4) is 0 Å². The molecule has 7 heteroatoms. The van der Waals surface area contributed by atoms with E-state index in [1.165, 1.54) is 4.31 Å². The Morgan fingerprint density at radius 1 is 1.35 bits per heavy atom. The molecule has 0 aromatic rings. The highest BCUT2D eigenvalue weighted by atomic mass is 32.2. The van der Waals surface area contributed by atoms with Crippen molar-refractivity contribution in [3.8, 4) is 0 Å². The SMILES string of the molecule is CC1CN(S(=O)(=O)CCCC(=O)O)CC(C)O1. The summed E-state index contributed by atoms with van der Waals surface area (Å²) < 4.78 is 30.7. The Hall–Kier alpha value is -0.660. The first-order valence-corrected chi connectivity index (χ1v) is 7.27. The highest BCUT2D eigenvalue weighted by Gasteiger charge is 2.30. The van der Waals surface area contributed by atoms with Crippen molar-refractivity contribution in [2.75, 3.05) is 18.8 Å². The van der Waals surface area contributed by atoms with Crippen LogP contribution in [0.2, 0.25) is 0 Å². The molecule has 0 radical (unpaired) electrons. The number of hydrogen-bond donors (Lipinski definition) is 1. The minimum atomic E-state index is -3.35. The number of hydrogen-bond acceptors (Lipinski definition) is 4. The fraction of sp³-hybridized carbons (Fsp3) is 0.900. The zero-order valence-corrected chi connectivity index (χ0v) is 10.9. The minimum Gasteiger partial charge on any atom is -0.481 e. The van der Waals surface area contributed by atoms with Crippen molar-refractivity contribution in [3.63, 3.8) is 0 Å². The Balaban J connectivity index is 2.54. The van der Waals surface area contributed by atoms with Crippen LogP contribution in [0.1, 0.15) is 26.7 Å². The molecule has 0 bridgehead atoms. The van der Waals surface area contributed by atoms with E-state index in [4.69, 9.17) is 9.84 Å². The number of nitrogens with zero attached hydrogens (tertiary/aromatic N) is 1. The minimum absolute atomic E-state index is 0.112. The molecule has 2 unspecified atom stereocenters. The molecular formula is C10H19NO5S. The number of morpholine rings is 1. The molecule has 1 rings (SSSR count). The molecular weight excluding hydrogens is 246 g/mol. The van der Waals surface area contributed by atoms with Crippen LogP contribution in [-0.2, 0) is 19.6 Å². The Morgan fingerprint density at radius 2 is 1.88 bits per heavy atom. The number of carboxylic acids is 1. The lowest BCUT2D eigenvalue weighted by molar-refractivity contribution is -0.137. The first-order chi connectivity index (χ1) is 7.81. The molecule has 0 spiro atoms.